The van der Waals surface area contributed by atoms with Gasteiger partial charge in [0.25, 0.3) is 0 Å². The minimum absolute atomic E-state index is 0.0937. The molecule has 0 heterocycles. The van der Waals surface area contributed by atoms with Crippen molar-refractivity contribution in [3.8, 4) is 5.75 Å². The topological polar surface area (TPSA) is 67.4 Å². The van der Waals surface area contributed by atoms with E-state index in [2.05, 4.69) is 10.6 Å². The summed E-state index contributed by atoms with van der Waals surface area (Å²) in [6.07, 6.45) is 0.583. The van der Waals surface area contributed by atoms with Crippen molar-refractivity contribution in [3.05, 3.63) is 53.6 Å². The number of anilines is 2. The fourth-order valence-electron chi connectivity index (χ4n) is 2.99. The summed E-state index contributed by atoms with van der Waals surface area (Å²) in [7, 11) is 0. The van der Waals surface area contributed by atoms with Crippen LogP contribution in [0.3, 0.4) is 0 Å². The number of amides is 2. The van der Waals surface area contributed by atoms with E-state index >= 15 is 0 Å². The molecule has 2 aromatic rings. The highest BCUT2D eigenvalue weighted by atomic mass is 16.5. The van der Waals surface area contributed by atoms with Crippen molar-refractivity contribution in [2.75, 3.05) is 17.2 Å². The number of carbonyl (C=O) groups is 2. The van der Waals surface area contributed by atoms with Gasteiger partial charge in [0.15, 0.2) is 0 Å². The molecule has 26 heavy (non-hydrogen) atoms. The fraction of sp³-hybridized carbons (Fsp3) is 0.333. The fourth-order valence-corrected chi connectivity index (χ4v) is 2.99. The Kier molecular flexibility index (Phi) is 5.26. The lowest BCUT2D eigenvalue weighted by Crippen LogP contribution is -2.20. The van der Waals surface area contributed by atoms with E-state index < -0.39 is 0 Å². The van der Waals surface area contributed by atoms with Crippen LogP contribution in [-0.4, -0.2) is 18.4 Å². The third kappa shape index (κ3) is 4.23. The maximum atomic E-state index is 12.4. The van der Waals surface area contributed by atoms with Crippen LogP contribution in [0.15, 0.2) is 42.5 Å². The molecule has 2 N–H and O–H groups in total. The summed E-state index contributed by atoms with van der Waals surface area (Å²) in [5.41, 5.74) is 3.69. The van der Waals surface area contributed by atoms with Crippen LogP contribution < -0.4 is 15.4 Å². The number of aryl methyl sites for hydroxylation is 2. The van der Waals surface area contributed by atoms with Crippen LogP contribution in [0.4, 0.5) is 11.4 Å². The largest absolute Gasteiger partial charge is 0.494 e. The van der Waals surface area contributed by atoms with Crippen molar-refractivity contribution in [1.82, 2.24) is 0 Å². The molecule has 2 aromatic carbocycles. The van der Waals surface area contributed by atoms with Gasteiger partial charge in [-0.1, -0.05) is 17.7 Å². The molecule has 0 aromatic heterocycles. The van der Waals surface area contributed by atoms with Gasteiger partial charge in [-0.15, -0.1) is 0 Å². The molecule has 0 saturated heterocycles. The number of rotatable bonds is 6. The van der Waals surface area contributed by atoms with Gasteiger partial charge in [-0.25, -0.2) is 0 Å². The molecular weight excluding hydrogens is 328 g/mol. The van der Waals surface area contributed by atoms with Crippen LogP contribution in [-0.2, 0) is 9.59 Å². The first-order valence-corrected chi connectivity index (χ1v) is 8.89. The highest BCUT2D eigenvalue weighted by molar-refractivity contribution is 6.03. The molecule has 2 amide bonds. The van der Waals surface area contributed by atoms with Crippen LogP contribution in [0.25, 0.3) is 0 Å². The van der Waals surface area contributed by atoms with E-state index in [0.717, 1.165) is 22.6 Å². The van der Waals surface area contributed by atoms with E-state index in [0.29, 0.717) is 18.7 Å². The summed E-state index contributed by atoms with van der Waals surface area (Å²) in [6.45, 7) is 6.50. The lowest BCUT2D eigenvalue weighted by molar-refractivity contribution is -0.122. The van der Waals surface area contributed by atoms with Gasteiger partial charge in [-0.3, -0.25) is 9.59 Å². The average Bonchev–Trinajstić information content (AvgIpc) is 3.40. The molecule has 0 aliphatic heterocycles. The van der Waals surface area contributed by atoms with Crippen molar-refractivity contribution in [2.45, 2.75) is 27.2 Å². The Labute approximate surface area is 153 Å². The molecule has 1 saturated carbocycles. The maximum Gasteiger partial charge on any atom is 0.228 e. The predicted molar refractivity (Wildman–Crippen MR) is 102 cm³/mol. The quantitative estimate of drug-likeness (QED) is 0.828. The Bertz CT molecular complexity index is 815. The zero-order chi connectivity index (χ0) is 18.7. The zero-order valence-electron chi connectivity index (χ0n) is 15.3. The molecule has 1 aliphatic rings. The van der Waals surface area contributed by atoms with Crippen molar-refractivity contribution < 1.29 is 14.3 Å². The molecule has 3 rings (SSSR count). The molecule has 136 valence electrons. The summed E-state index contributed by atoms with van der Waals surface area (Å²) in [5.74, 6) is 0.0205. The Balaban J connectivity index is 1.53. The summed E-state index contributed by atoms with van der Waals surface area (Å²) in [4.78, 5) is 24.7. The van der Waals surface area contributed by atoms with Crippen molar-refractivity contribution in [1.29, 1.82) is 0 Å². The van der Waals surface area contributed by atoms with Crippen LogP contribution in [0.1, 0.15) is 24.5 Å². The molecule has 1 fully saturated rings. The van der Waals surface area contributed by atoms with E-state index in [9.17, 15) is 9.59 Å². The van der Waals surface area contributed by atoms with Crippen LogP contribution in [0, 0.1) is 25.7 Å². The van der Waals surface area contributed by atoms with E-state index in [4.69, 9.17) is 4.74 Å². The van der Waals surface area contributed by atoms with Crippen molar-refractivity contribution in [2.24, 2.45) is 11.8 Å². The molecule has 2 atom stereocenters. The third-order valence-corrected chi connectivity index (χ3v) is 4.54. The molecule has 5 nitrogen and oxygen atoms in total. The predicted octanol–water partition coefficient (Wildman–Crippen LogP) is 3.92. The number of ether oxygens (including phenoxy) is 1. The van der Waals surface area contributed by atoms with Gasteiger partial charge in [-0.2, -0.15) is 0 Å². The maximum absolute atomic E-state index is 12.4. The molecule has 0 spiro atoms. The minimum atomic E-state index is -0.271. The summed E-state index contributed by atoms with van der Waals surface area (Å²) in [6, 6.07) is 13.1. The minimum Gasteiger partial charge on any atom is -0.494 e. The average molecular weight is 352 g/mol. The summed E-state index contributed by atoms with van der Waals surface area (Å²) < 4.78 is 5.38. The SMILES string of the molecule is CCOc1ccc(NC(=O)C2CC2C(=O)Nc2ccc(C)cc2C)cc1. The number of hydrogen-bond acceptors (Lipinski definition) is 3. The normalized spacial score (nSPS) is 18.1. The van der Waals surface area contributed by atoms with Gasteiger partial charge in [0.2, 0.25) is 11.8 Å². The smallest absolute Gasteiger partial charge is 0.228 e. The van der Waals surface area contributed by atoms with Gasteiger partial charge in [0.1, 0.15) is 5.75 Å². The Morgan fingerprint density at radius 1 is 1.00 bits per heavy atom. The van der Waals surface area contributed by atoms with Crippen LogP contribution >= 0.6 is 0 Å². The summed E-state index contributed by atoms with van der Waals surface area (Å²) in [5, 5.41) is 5.80. The molecule has 1 aliphatic carbocycles. The molecular formula is C21H24N2O3. The number of nitrogens with one attached hydrogen (secondary N) is 2. The Morgan fingerprint density at radius 3 is 2.27 bits per heavy atom. The second-order valence-corrected chi connectivity index (χ2v) is 6.70. The Hall–Kier alpha value is -2.82. The first-order valence-electron chi connectivity index (χ1n) is 8.89. The van der Waals surface area contributed by atoms with Crippen LogP contribution in [0.2, 0.25) is 0 Å². The molecule has 2 unspecified atom stereocenters. The standard InChI is InChI=1S/C21H24N2O3/c1-4-26-16-8-6-15(7-9-16)22-20(24)17-12-18(17)21(25)23-19-10-5-13(2)11-14(19)3/h5-11,17-18H,4,12H2,1-3H3,(H,22,24)(H,23,25). The third-order valence-electron chi connectivity index (χ3n) is 4.54. The molecule has 0 radical (unpaired) electrons. The second kappa shape index (κ2) is 7.60. The first-order chi connectivity index (χ1) is 12.5. The van der Waals surface area contributed by atoms with Gasteiger partial charge in [0.05, 0.1) is 18.4 Å². The van der Waals surface area contributed by atoms with Gasteiger partial charge in [-0.05, 0) is 63.1 Å². The van der Waals surface area contributed by atoms with Crippen LogP contribution in [0.5, 0.6) is 5.75 Å². The van der Waals surface area contributed by atoms with E-state index in [1.165, 1.54) is 0 Å². The Morgan fingerprint density at radius 2 is 1.65 bits per heavy atom. The molecule has 0 bridgehead atoms. The summed E-state index contributed by atoms with van der Waals surface area (Å²) >= 11 is 0. The molecule has 5 heteroatoms. The monoisotopic (exact) mass is 352 g/mol. The first kappa shape index (κ1) is 18.0. The van der Waals surface area contributed by atoms with E-state index in [1.807, 2.05) is 51.1 Å². The number of carbonyl (C=O) groups excluding carboxylic acids is 2. The number of hydrogen-bond donors (Lipinski definition) is 2. The van der Waals surface area contributed by atoms with Gasteiger partial charge >= 0.3 is 0 Å². The lowest BCUT2D eigenvalue weighted by atomic mass is 10.1. The highest BCUT2D eigenvalue weighted by Gasteiger charge is 2.48. The zero-order valence-corrected chi connectivity index (χ0v) is 15.3. The second-order valence-electron chi connectivity index (χ2n) is 6.70. The lowest BCUT2D eigenvalue weighted by Gasteiger charge is -2.09. The van der Waals surface area contributed by atoms with Crippen molar-refractivity contribution in [3.63, 3.8) is 0 Å². The van der Waals surface area contributed by atoms with E-state index in [1.54, 1.807) is 12.1 Å². The highest BCUT2D eigenvalue weighted by Crippen LogP contribution is 2.40. The van der Waals surface area contributed by atoms with Gasteiger partial charge < -0.3 is 15.4 Å². The van der Waals surface area contributed by atoms with Gasteiger partial charge in [0, 0.05) is 11.4 Å². The van der Waals surface area contributed by atoms with Crippen molar-refractivity contribution >= 4 is 23.2 Å². The number of benzene rings is 2. The van der Waals surface area contributed by atoms with E-state index in [-0.39, 0.29) is 23.7 Å².